The second kappa shape index (κ2) is 12.1. The third-order valence-electron chi connectivity index (χ3n) is 4.64. The van der Waals surface area contributed by atoms with Crippen LogP contribution in [0.15, 0.2) is 72.4 Å². The zero-order chi connectivity index (χ0) is 22.8. The molecule has 2 aromatic carbocycles. The summed E-state index contributed by atoms with van der Waals surface area (Å²) < 4.78 is 7.73. The Morgan fingerprint density at radius 1 is 1.16 bits per heavy atom. The van der Waals surface area contributed by atoms with Gasteiger partial charge in [-0.15, -0.1) is 16.8 Å². The number of carbonyl (C=O) groups excluding carboxylic acids is 1. The lowest BCUT2D eigenvalue weighted by atomic mass is 10.1. The quantitative estimate of drug-likeness (QED) is 0.322. The maximum absolute atomic E-state index is 12.3. The minimum atomic E-state index is -0.0210. The maximum Gasteiger partial charge on any atom is 0.230 e. The number of amides is 1. The van der Waals surface area contributed by atoms with E-state index >= 15 is 0 Å². The topological polar surface area (TPSA) is 69.0 Å². The molecule has 1 aromatic heterocycles. The number of benzene rings is 2. The fourth-order valence-corrected chi connectivity index (χ4v) is 3.82. The summed E-state index contributed by atoms with van der Waals surface area (Å²) in [6.45, 7) is 9.94. The number of aromatic nitrogens is 3. The summed E-state index contributed by atoms with van der Waals surface area (Å²) in [5.41, 5.74) is 2.15. The molecule has 3 aromatic rings. The molecule has 7 heteroatoms. The lowest BCUT2D eigenvalue weighted by molar-refractivity contribution is -0.118. The number of ether oxygens (including phenoxy) is 1. The van der Waals surface area contributed by atoms with E-state index in [9.17, 15) is 4.79 Å². The number of nitrogens with zero attached hydrogens (tertiary/aromatic N) is 3. The van der Waals surface area contributed by atoms with Crippen molar-refractivity contribution < 1.29 is 9.53 Å². The number of allylic oxidation sites excluding steroid dienone is 1. The van der Waals surface area contributed by atoms with Crippen LogP contribution < -0.4 is 10.1 Å². The number of nitrogens with one attached hydrogen (secondary N) is 1. The second-order valence-electron chi connectivity index (χ2n) is 7.81. The highest BCUT2D eigenvalue weighted by Gasteiger charge is 2.15. The van der Waals surface area contributed by atoms with E-state index in [-0.39, 0.29) is 11.7 Å². The van der Waals surface area contributed by atoms with E-state index in [2.05, 4.69) is 48.1 Å². The lowest BCUT2D eigenvalue weighted by Gasteiger charge is -2.10. The molecule has 0 saturated carbocycles. The van der Waals surface area contributed by atoms with Gasteiger partial charge in [0.15, 0.2) is 11.0 Å². The van der Waals surface area contributed by atoms with Gasteiger partial charge >= 0.3 is 0 Å². The van der Waals surface area contributed by atoms with Gasteiger partial charge in [-0.1, -0.05) is 62.0 Å². The van der Waals surface area contributed by atoms with E-state index in [4.69, 9.17) is 4.74 Å². The van der Waals surface area contributed by atoms with Crippen molar-refractivity contribution in [1.82, 2.24) is 20.1 Å². The molecule has 168 valence electrons. The maximum atomic E-state index is 12.3. The van der Waals surface area contributed by atoms with Crippen LogP contribution in [0.25, 0.3) is 11.4 Å². The van der Waals surface area contributed by atoms with Gasteiger partial charge in [0.1, 0.15) is 5.75 Å². The van der Waals surface area contributed by atoms with Gasteiger partial charge in [0.2, 0.25) is 5.91 Å². The van der Waals surface area contributed by atoms with Crippen LogP contribution in [0.2, 0.25) is 0 Å². The number of carbonyl (C=O) groups is 1. The van der Waals surface area contributed by atoms with Gasteiger partial charge in [0.05, 0.1) is 12.4 Å². The molecule has 0 aliphatic rings. The number of hydrogen-bond donors (Lipinski definition) is 1. The molecule has 0 aliphatic heterocycles. The highest BCUT2D eigenvalue weighted by Crippen LogP contribution is 2.26. The average molecular weight is 451 g/mol. The summed E-state index contributed by atoms with van der Waals surface area (Å²) in [6, 6.07) is 17.9. The van der Waals surface area contributed by atoms with Crippen molar-refractivity contribution in [2.24, 2.45) is 5.92 Å². The molecule has 1 heterocycles. The van der Waals surface area contributed by atoms with Crippen molar-refractivity contribution in [3.05, 3.63) is 72.8 Å². The molecule has 0 unspecified atom stereocenters. The highest BCUT2D eigenvalue weighted by atomic mass is 32.2. The number of rotatable bonds is 12. The summed E-state index contributed by atoms with van der Waals surface area (Å²) in [7, 11) is 0. The Hall–Kier alpha value is -3.06. The second-order valence-corrected chi connectivity index (χ2v) is 8.75. The van der Waals surface area contributed by atoms with E-state index in [1.807, 2.05) is 47.0 Å². The van der Waals surface area contributed by atoms with Crippen LogP contribution in [0, 0.1) is 5.92 Å². The molecule has 32 heavy (non-hydrogen) atoms. The van der Waals surface area contributed by atoms with Crippen molar-refractivity contribution in [1.29, 1.82) is 0 Å². The van der Waals surface area contributed by atoms with Crippen molar-refractivity contribution >= 4 is 17.7 Å². The molecule has 1 N–H and O–H groups in total. The van der Waals surface area contributed by atoms with Crippen LogP contribution in [0.3, 0.4) is 0 Å². The predicted octanol–water partition coefficient (Wildman–Crippen LogP) is 4.62. The van der Waals surface area contributed by atoms with Crippen molar-refractivity contribution in [3.63, 3.8) is 0 Å². The van der Waals surface area contributed by atoms with E-state index in [1.165, 1.54) is 17.3 Å². The Kier molecular flexibility index (Phi) is 8.92. The molecular weight excluding hydrogens is 420 g/mol. The van der Waals surface area contributed by atoms with E-state index in [0.29, 0.717) is 30.8 Å². The zero-order valence-corrected chi connectivity index (χ0v) is 19.5. The molecule has 0 atom stereocenters. The molecular formula is C25H30N4O2S. The standard InChI is InChI=1S/C25H30N4O2S/c1-4-16-29-24(21-10-12-22(13-11-21)31-17-19(2)3)27-28-25(29)32-18-23(30)26-15-14-20-8-6-5-7-9-20/h4-13,19H,1,14-18H2,2-3H3,(H,26,30). The molecule has 0 fully saturated rings. The molecule has 6 nitrogen and oxygen atoms in total. The molecule has 0 radical (unpaired) electrons. The Labute approximate surface area is 194 Å². The van der Waals surface area contributed by atoms with Crippen LogP contribution >= 0.6 is 11.8 Å². The third-order valence-corrected chi connectivity index (χ3v) is 5.60. The summed E-state index contributed by atoms with van der Waals surface area (Å²) in [4.78, 5) is 12.3. The zero-order valence-electron chi connectivity index (χ0n) is 18.7. The van der Waals surface area contributed by atoms with Crippen LogP contribution in [0.5, 0.6) is 5.75 Å². The van der Waals surface area contributed by atoms with Gasteiger partial charge in [-0.05, 0) is 42.2 Å². The molecule has 0 aliphatic carbocycles. The largest absolute Gasteiger partial charge is 0.493 e. The van der Waals surface area contributed by atoms with Crippen molar-refractivity contribution in [3.8, 4) is 17.1 Å². The fraction of sp³-hybridized carbons (Fsp3) is 0.320. The first-order chi connectivity index (χ1) is 15.6. The summed E-state index contributed by atoms with van der Waals surface area (Å²) >= 11 is 1.38. The third kappa shape index (κ3) is 6.99. The van der Waals surface area contributed by atoms with Crippen molar-refractivity contribution in [2.75, 3.05) is 18.9 Å². The van der Waals surface area contributed by atoms with Gasteiger partial charge in [0, 0.05) is 18.7 Å². The normalized spacial score (nSPS) is 10.8. The van der Waals surface area contributed by atoms with Gasteiger partial charge in [-0.3, -0.25) is 9.36 Å². The fourth-order valence-electron chi connectivity index (χ4n) is 3.04. The Balaban J connectivity index is 1.58. The van der Waals surface area contributed by atoms with Gasteiger partial charge in [0.25, 0.3) is 0 Å². The van der Waals surface area contributed by atoms with E-state index in [0.717, 1.165) is 23.6 Å². The first-order valence-corrected chi connectivity index (χ1v) is 11.8. The first-order valence-electron chi connectivity index (χ1n) is 10.8. The molecule has 0 saturated heterocycles. The van der Waals surface area contributed by atoms with Crippen LogP contribution in [-0.4, -0.2) is 39.6 Å². The summed E-state index contributed by atoms with van der Waals surface area (Å²) in [5.74, 6) is 2.31. The minimum absolute atomic E-state index is 0.0210. The predicted molar refractivity (Wildman–Crippen MR) is 130 cm³/mol. The minimum Gasteiger partial charge on any atom is -0.493 e. The van der Waals surface area contributed by atoms with Crippen LogP contribution in [0.4, 0.5) is 0 Å². The Morgan fingerprint density at radius 3 is 2.59 bits per heavy atom. The smallest absolute Gasteiger partial charge is 0.230 e. The van der Waals surface area contributed by atoms with Gasteiger partial charge in [-0.2, -0.15) is 0 Å². The Morgan fingerprint density at radius 2 is 1.91 bits per heavy atom. The molecule has 0 bridgehead atoms. The Bertz CT molecular complexity index is 1000. The van der Waals surface area contributed by atoms with Crippen LogP contribution in [-0.2, 0) is 17.8 Å². The number of hydrogen-bond acceptors (Lipinski definition) is 5. The summed E-state index contributed by atoms with van der Waals surface area (Å²) in [5, 5.41) is 12.3. The van der Waals surface area contributed by atoms with Gasteiger partial charge < -0.3 is 10.1 Å². The average Bonchev–Trinajstić information content (AvgIpc) is 3.20. The molecule has 0 spiro atoms. The number of thioether (sulfide) groups is 1. The highest BCUT2D eigenvalue weighted by molar-refractivity contribution is 7.99. The first kappa shape index (κ1) is 23.6. The van der Waals surface area contributed by atoms with Crippen molar-refractivity contribution in [2.45, 2.75) is 32.0 Å². The summed E-state index contributed by atoms with van der Waals surface area (Å²) in [6.07, 6.45) is 2.61. The lowest BCUT2D eigenvalue weighted by Crippen LogP contribution is -2.27. The van der Waals surface area contributed by atoms with E-state index in [1.54, 1.807) is 6.08 Å². The molecule has 1 amide bonds. The van der Waals surface area contributed by atoms with Crippen LogP contribution in [0.1, 0.15) is 19.4 Å². The monoisotopic (exact) mass is 450 g/mol. The molecule has 3 rings (SSSR count). The SMILES string of the molecule is C=CCn1c(SCC(=O)NCCc2ccccc2)nnc1-c1ccc(OCC(C)C)cc1. The van der Waals surface area contributed by atoms with Gasteiger partial charge in [-0.25, -0.2) is 0 Å². The van der Waals surface area contributed by atoms with E-state index < -0.39 is 0 Å².